The molecule has 222 valence electrons. The van der Waals surface area contributed by atoms with Crippen molar-refractivity contribution in [3.8, 4) is 5.75 Å². The summed E-state index contributed by atoms with van der Waals surface area (Å²) in [5.41, 5.74) is 1.94. The number of carbonyl (C=O) groups excluding carboxylic acids is 1. The van der Waals surface area contributed by atoms with Crippen molar-refractivity contribution in [2.75, 3.05) is 27.1 Å². The molecule has 0 aliphatic carbocycles. The fraction of sp³-hybridized carbons (Fsp3) is 0.452. The third-order valence-electron chi connectivity index (χ3n) is 6.60. The summed E-state index contributed by atoms with van der Waals surface area (Å²) in [4.78, 5) is 32.7. The number of methoxy groups -OCH3 is 1. The smallest absolute Gasteiger partial charge is 0.355 e. The second kappa shape index (κ2) is 15.8. The number of aromatic carboxylic acids is 1. The number of hydrogen-bond donors (Lipinski definition) is 1. The van der Waals surface area contributed by atoms with E-state index in [1.165, 1.54) is 16.9 Å². The normalized spacial score (nSPS) is 12.2. The molecule has 0 radical (unpaired) electrons. The summed E-state index contributed by atoms with van der Waals surface area (Å²) in [5.74, 6) is -0.592. The van der Waals surface area contributed by atoms with Crippen LogP contribution in [0.4, 0.5) is 0 Å². The lowest BCUT2D eigenvalue weighted by molar-refractivity contribution is -0.155. The molecule has 1 amide bonds. The highest BCUT2D eigenvalue weighted by molar-refractivity contribution is 7.11. The summed E-state index contributed by atoms with van der Waals surface area (Å²) in [6.45, 7) is 9.99. The number of carbonyl (C=O) groups is 2. The van der Waals surface area contributed by atoms with Gasteiger partial charge in [-0.25, -0.2) is 9.78 Å². The lowest BCUT2D eigenvalue weighted by Gasteiger charge is -2.27. The molecule has 8 nitrogen and oxygen atoms in total. The molecule has 1 atom stereocenters. The van der Waals surface area contributed by atoms with Crippen LogP contribution in [-0.4, -0.2) is 62.0 Å². The van der Waals surface area contributed by atoms with Gasteiger partial charge in [0.2, 0.25) is 0 Å². The number of nitrogens with zero attached hydrogens (tertiary/aromatic N) is 2. The van der Waals surface area contributed by atoms with Crippen LogP contribution in [0.5, 0.6) is 5.75 Å². The summed E-state index contributed by atoms with van der Waals surface area (Å²) in [5, 5.41) is 10.2. The van der Waals surface area contributed by atoms with Crippen LogP contribution in [0.3, 0.4) is 0 Å². The van der Waals surface area contributed by atoms with Gasteiger partial charge in [0.05, 0.1) is 13.7 Å². The SMILES string of the molecule is CCc1sc(CN(CCCc2ccccc2)C(=O)[C@H](OCOCC[Si](C)(C)C)c2ccc(OC)cc2)nc1C(=O)O. The molecule has 3 aromatic rings. The lowest BCUT2D eigenvalue weighted by Crippen LogP contribution is -2.37. The van der Waals surface area contributed by atoms with Crippen LogP contribution in [0.25, 0.3) is 0 Å². The summed E-state index contributed by atoms with van der Waals surface area (Å²) in [6.07, 6.45) is 1.20. The van der Waals surface area contributed by atoms with Gasteiger partial charge in [-0.3, -0.25) is 4.79 Å². The number of thiazole rings is 1. The highest BCUT2D eigenvalue weighted by Crippen LogP contribution is 2.27. The fourth-order valence-electron chi connectivity index (χ4n) is 4.23. The Balaban J connectivity index is 1.84. The van der Waals surface area contributed by atoms with Crippen molar-refractivity contribution in [2.24, 2.45) is 0 Å². The maximum atomic E-state index is 14.1. The van der Waals surface area contributed by atoms with E-state index < -0.39 is 20.1 Å². The molecule has 0 saturated heterocycles. The number of ether oxygens (including phenoxy) is 3. The van der Waals surface area contributed by atoms with Crippen LogP contribution in [0, 0.1) is 0 Å². The van der Waals surface area contributed by atoms with Crippen molar-refractivity contribution >= 4 is 31.3 Å². The number of amides is 1. The van der Waals surface area contributed by atoms with E-state index in [-0.39, 0.29) is 24.9 Å². The Hall–Kier alpha value is -3.05. The third-order valence-corrected chi connectivity index (χ3v) is 9.49. The largest absolute Gasteiger partial charge is 0.497 e. The Kier molecular flexibility index (Phi) is 12.5. The standard InChI is InChI=1S/C31H42N2O6SSi/c1-6-26-28(31(35)36)32-27(40-26)21-33(18-10-13-23-11-8-7-9-12-23)30(34)29(24-14-16-25(37-2)17-15-24)39-22-38-19-20-41(3,4)5/h7-9,11-12,14-17,29H,6,10,13,18-22H2,1-5H3,(H,35,36)/t29-/m1/s1. The van der Waals surface area contributed by atoms with E-state index in [1.807, 2.05) is 37.3 Å². The summed E-state index contributed by atoms with van der Waals surface area (Å²) < 4.78 is 17.2. The molecule has 0 fully saturated rings. The Labute approximate surface area is 248 Å². The van der Waals surface area contributed by atoms with Gasteiger partial charge in [-0.1, -0.05) is 69.0 Å². The minimum absolute atomic E-state index is 0.00876. The average molecular weight is 599 g/mol. The van der Waals surface area contributed by atoms with Crippen molar-refractivity contribution in [1.82, 2.24) is 9.88 Å². The molecule has 1 heterocycles. The van der Waals surface area contributed by atoms with E-state index in [4.69, 9.17) is 14.2 Å². The molecule has 1 aromatic heterocycles. The molecule has 1 N–H and O–H groups in total. The van der Waals surface area contributed by atoms with Gasteiger partial charge in [0.25, 0.3) is 5.91 Å². The fourth-order valence-corrected chi connectivity index (χ4v) is 6.00. The van der Waals surface area contributed by atoms with Gasteiger partial charge in [0, 0.05) is 26.1 Å². The van der Waals surface area contributed by atoms with Crippen LogP contribution in [0.2, 0.25) is 25.7 Å². The second-order valence-electron chi connectivity index (χ2n) is 11.0. The van der Waals surface area contributed by atoms with Gasteiger partial charge >= 0.3 is 5.97 Å². The van der Waals surface area contributed by atoms with Crippen molar-refractivity contribution in [3.05, 3.63) is 81.3 Å². The van der Waals surface area contributed by atoms with Crippen molar-refractivity contribution in [2.45, 2.75) is 64.5 Å². The zero-order chi connectivity index (χ0) is 29.8. The molecule has 0 aliphatic heterocycles. The third kappa shape index (κ3) is 10.4. The maximum Gasteiger partial charge on any atom is 0.355 e. The van der Waals surface area contributed by atoms with Crippen LogP contribution < -0.4 is 4.74 Å². The first-order chi connectivity index (χ1) is 19.6. The van der Waals surface area contributed by atoms with E-state index in [9.17, 15) is 14.7 Å². The molecule has 2 aromatic carbocycles. The number of aryl methyl sites for hydroxylation is 2. The van der Waals surface area contributed by atoms with Gasteiger partial charge < -0.3 is 24.2 Å². The Bertz CT molecular complexity index is 1240. The zero-order valence-electron chi connectivity index (χ0n) is 24.7. The average Bonchev–Trinajstić information content (AvgIpc) is 3.37. The monoisotopic (exact) mass is 598 g/mol. The molecule has 0 unspecified atom stereocenters. The summed E-state index contributed by atoms with van der Waals surface area (Å²) >= 11 is 1.34. The molecule has 0 bridgehead atoms. The Morgan fingerprint density at radius 2 is 1.78 bits per heavy atom. The highest BCUT2D eigenvalue weighted by Gasteiger charge is 2.29. The number of hydrogen-bond acceptors (Lipinski definition) is 7. The highest BCUT2D eigenvalue weighted by atomic mass is 32.1. The number of carboxylic acids is 1. The summed E-state index contributed by atoms with van der Waals surface area (Å²) in [6, 6.07) is 18.4. The van der Waals surface area contributed by atoms with E-state index in [0.29, 0.717) is 40.8 Å². The van der Waals surface area contributed by atoms with Crippen molar-refractivity contribution < 1.29 is 28.9 Å². The van der Waals surface area contributed by atoms with Crippen molar-refractivity contribution in [1.29, 1.82) is 0 Å². The van der Waals surface area contributed by atoms with E-state index in [1.54, 1.807) is 24.1 Å². The molecule has 0 saturated carbocycles. The maximum absolute atomic E-state index is 14.1. The topological polar surface area (TPSA) is 98.2 Å². The minimum Gasteiger partial charge on any atom is -0.497 e. The first-order valence-corrected chi connectivity index (χ1v) is 18.5. The number of rotatable bonds is 17. The lowest BCUT2D eigenvalue weighted by atomic mass is 10.1. The van der Waals surface area contributed by atoms with E-state index >= 15 is 0 Å². The quantitative estimate of drug-likeness (QED) is 0.108. The predicted molar refractivity (Wildman–Crippen MR) is 164 cm³/mol. The first kappa shape index (κ1) is 32.5. The number of carboxylic acid groups (broad SMARTS) is 1. The second-order valence-corrected chi connectivity index (χ2v) is 17.8. The van der Waals surface area contributed by atoms with Crippen molar-refractivity contribution in [3.63, 3.8) is 0 Å². The van der Waals surface area contributed by atoms with Gasteiger partial charge in [0.1, 0.15) is 17.6 Å². The zero-order valence-corrected chi connectivity index (χ0v) is 26.5. The van der Waals surface area contributed by atoms with Gasteiger partial charge in [0.15, 0.2) is 11.8 Å². The van der Waals surface area contributed by atoms with Crippen LogP contribution in [-0.2, 0) is 33.7 Å². The minimum atomic E-state index is -1.27. The first-order valence-electron chi connectivity index (χ1n) is 14.0. The molecule has 10 heteroatoms. The molecule has 41 heavy (non-hydrogen) atoms. The molecule has 0 spiro atoms. The molecular weight excluding hydrogens is 557 g/mol. The number of benzene rings is 2. The van der Waals surface area contributed by atoms with Gasteiger partial charge in [-0.05, 0) is 48.6 Å². The van der Waals surface area contributed by atoms with E-state index in [0.717, 1.165) is 18.9 Å². The van der Waals surface area contributed by atoms with Gasteiger partial charge in [-0.15, -0.1) is 11.3 Å². The number of aromatic nitrogens is 1. The van der Waals surface area contributed by atoms with Crippen LogP contribution in [0.15, 0.2) is 54.6 Å². The van der Waals surface area contributed by atoms with E-state index in [2.05, 4.69) is 36.8 Å². The Morgan fingerprint density at radius 1 is 1.07 bits per heavy atom. The molecule has 3 rings (SSSR count). The Morgan fingerprint density at radius 3 is 2.37 bits per heavy atom. The molecule has 0 aliphatic rings. The van der Waals surface area contributed by atoms with Gasteiger partial charge in [-0.2, -0.15) is 0 Å². The predicted octanol–water partition coefficient (Wildman–Crippen LogP) is 6.44. The summed E-state index contributed by atoms with van der Waals surface area (Å²) in [7, 11) is 0.330. The van der Waals surface area contributed by atoms with Crippen LogP contribution in [0.1, 0.15) is 50.9 Å². The van der Waals surface area contributed by atoms with Crippen LogP contribution >= 0.6 is 11.3 Å². The molecular formula is C31H42N2O6SSi.